The van der Waals surface area contributed by atoms with E-state index in [4.69, 9.17) is 42.1 Å². The highest BCUT2D eigenvalue weighted by molar-refractivity contribution is 6.31. The molecule has 2 aromatic rings. The minimum absolute atomic E-state index is 0.0747. The largest absolute Gasteiger partial charge is 0.388 e. The summed E-state index contributed by atoms with van der Waals surface area (Å²) in [5, 5.41) is 21.9. The Morgan fingerprint density at radius 1 is 0.750 bits per heavy atom. The topological polar surface area (TPSA) is 77.4 Å². The van der Waals surface area contributed by atoms with Crippen molar-refractivity contribution in [3.05, 3.63) is 69.7 Å². The predicted octanol–water partition coefficient (Wildman–Crippen LogP) is 3.24. The molecule has 2 heterocycles. The number of ether oxygens (including phenoxy) is 4. The summed E-state index contributed by atoms with van der Waals surface area (Å²) in [6.45, 7) is -0.0777. The summed E-state index contributed by atoms with van der Waals surface area (Å²) in [5.41, 5.74) is 1.28. The molecule has 0 aromatic heterocycles. The maximum absolute atomic E-state index is 10.6. The maximum Gasteiger partial charge on any atom is 0.186 e. The van der Waals surface area contributed by atoms with Gasteiger partial charge in [0.05, 0.1) is 13.2 Å². The van der Waals surface area contributed by atoms with Crippen LogP contribution >= 0.6 is 23.2 Å². The van der Waals surface area contributed by atoms with Gasteiger partial charge in [-0.15, -0.1) is 0 Å². The highest BCUT2D eigenvalue weighted by atomic mass is 35.5. The number of hydrogen-bond donors (Lipinski definition) is 2. The normalized spacial score (nSPS) is 33.6. The fourth-order valence-corrected chi connectivity index (χ4v) is 3.78. The van der Waals surface area contributed by atoms with Crippen LogP contribution in [0, 0.1) is 0 Å². The average Bonchev–Trinajstić information content (AvgIpc) is 3.13. The summed E-state index contributed by atoms with van der Waals surface area (Å²) in [6.07, 6.45) is -5.41. The van der Waals surface area contributed by atoms with E-state index in [2.05, 4.69) is 0 Å². The highest BCUT2D eigenvalue weighted by Crippen LogP contribution is 2.38. The van der Waals surface area contributed by atoms with Gasteiger partial charge in [-0.25, -0.2) is 0 Å². The molecule has 2 fully saturated rings. The molecule has 6 nitrogen and oxygen atoms in total. The van der Waals surface area contributed by atoms with Crippen molar-refractivity contribution in [3.63, 3.8) is 0 Å². The fourth-order valence-electron chi connectivity index (χ4n) is 3.33. The van der Waals surface area contributed by atoms with Crippen molar-refractivity contribution in [3.8, 4) is 0 Å². The number of fused-ring (bicyclic) bond motifs is 1. The van der Waals surface area contributed by atoms with E-state index in [0.29, 0.717) is 21.2 Å². The van der Waals surface area contributed by atoms with Gasteiger partial charge in [-0.05, 0) is 12.1 Å². The summed E-state index contributed by atoms with van der Waals surface area (Å²) in [7, 11) is 0. The molecule has 0 aliphatic carbocycles. The number of halogens is 2. The molecule has 0 radical (unpaired) electrons. The van der Waals surface area contributed by atoms with Crippen LogP contribution in [0.4, 0.5) is 0 Å². The highest BCUT2D eigenvalue weighted by Gasteiger charge is 2.45. The molecule has 150 valence electrons. The lowest BCUT2D eigenvalue weighted by Crippen LogP contribution is -2.45. The zero-order chi connectivity index (χ0) is 19.7. The molecule has 0 saturated carbocycles. The Balaban J connectivity index is 1.57. The Kier molecular flexibility index (Phi) is 6.20. The van der Waals surface area contributed by atoms with E-state index >= 15 is 0 Å². The molecule has 28 heavy (non-hydrogen) atoms. The first-order chi connectivity index (χ1) is 13.5. The van der Waals surface area contributed by atoms with Crippen molar-refractivity contribution in [2.45, 2.75) is 37.0 Å². The summed E-state index contributed by atoms with van der Waals surface area (Å²) >= 11 is 12.5. The first-order valence-electron chi connectivity index (χ1n) is 8.93. The second-order valence-electron chi connectivity index (χ2n) is 6.71. The number of hydrogen-bond acceptors (Lipinski definition) is 6. The van der Waals surface area contributed by atoms with Gasteiger partial charge in [-0.1, -0.05) is 59.6 Å². The monoisotopic (exact) mass is 426 g/mol. The van der Waals surface area contributed by atoms with Gasteiger partial charge >= 0.3 is 0 Å². The van der Waals surface area contributed by atoms with E-state index in [9.17, 15) is 10.2 Å². The van der Waals surface area contributed by atoms with Crippen molar-refractivity contribution in [2.24, 2.45) is 0 Å². The fraction of sp³-hybridized carbons (Fsp3) is 0.400. The van der Waals surface area contributed by atoms with Crippen LogP contribution in [-0.4, -0.2) is 47.8 Å². The number of aliphatic hydroxyl groups excluding tert-OH is 2. The van der Waals surface area contributed by atoms with Gasteiger partial charge in [-0.3, -0.25) is 0 Å². The van der Waals surface area contributed by atoms with Crippen LogP contribution in [0.1, 0.15) is 23.7 Å². The van der Waals surface area contributed by atoms with Crippen LogP contribution in [0.2, 0.25) is 10.0 Å². The molecule has 2 unspecified atom stereocenters. The first-order valence-corrected chi connectivity index (χ1v) is 9.69. The molecule has 2 aliphatic rings. The van der Waals surface area contributed by atoms with Gasteiger partial charge in [0.25, 0.3) is 0 Å². The smallest absolute Gasteiger partial charge is 0.186 e. The van der Waals surface area contributed by atoms with E-state index in [1.807, 2.05) is 12.1 Å². The standard InChI is InChI=1S/C20H20Cl2O6/c21-13-7-3-1-5-11(13)19-25-9-15(23)17(24)18-16(10-26-19)27-20(28-18)12-6-2-4-8-14(12)22/h1-8,15-20,23-24H,9-10H2/t15-,16+,17+,18+,19?,20?/m1/s1. The van der Waals surface area contributed by atoms with Crippen LogP contribution in [0.25, 0.3) is 0 Å². The lowest BCUT2D eigenvalue weighted by atomic mass is 10.0. The van der Waals surface area contributed by atoms with Crippen LogP contribution in [0.3, 0.4) is 0 Å². The maximum atomic E-state index is 10.6. The Hall–Kier alpha value is -1.22. The Morgan fingerprint density at radius 2 is 1.32 bits per heavy atom. The van der Waals surface area contributed by atoms with Crippen LogP contribution < -0.4 is 0 Å². The molecule has 4 rings (SSSR count). The van der Waals surface area contributed by atoms with E-state index in [-0.39, 0.29) is 13.2 Å². The number of aliphatic hydroxyl groups is 2. The van der Waals surface area contributed by atoms with Crippen LogP contribution in [0.5, 0.6) is 0 Å². The van der Waals surface area contributed by atoms with Gasteiger partial charge in [0.1, 0.15) is 24.4 Å². The third-order valence-electron chi connectivity index (χ3n) is 4.82. The molecule has 0 bridgehead atoms. The summed E-state index contributed by atoms with van der Waals surface area (Å²) < 4.78 is 23.4. The van der Waals surface area contributed by atoms with Crippen molar-refractivity contribution < 1.29 is 29.2 Å². The lowest BCUT2D eigenvalue weighted by Gasteiger charge is -2.24. The molecular weight excluding hydrogens is 407 g/mol. The third kappa shape index (κ3) is 4.06. The van der Waals surface area contributed by atoms with Gasteiger partial charge in [0.2, 0.25) is 0 Å². The summed E-state index contributed by atoms with van der Waals surface area (Å²) in [6, 6.07) is 14.3. The van der Waals surface area contributed by atoms with Gasteiger partial charge in [0.15, 0.2) is 12.6 Å². The second kappa shape index (κ2) is 8.65. The molecule has 2 aromatic carbocycles. The van der Waals surface area contributed by atoms with E-state index in [1.165, 1.54) is 0 Å². The van der Waals surface area contributed by atoms with E-state index in [0.717, 1.165) is 0 Å². The zero-order valence-corrected chi connectivity index (χ0v) is 16.3. The molecule has 0 amide bonds. The van der Waals surface area contributed by atoms with Crippen LogP contribution in [-0.2, 0) is 18.9 Å². The summed E-state index contributed by atoms with van der Waals surface area (Å²) in [5.74, 6) is 0. The molecule has 6 atom stereocenters. The Labute approximate surface area is 172 Å². The quantitative estimate of drug-likeness (QED) is 0.767. The van der Waals surface area contributed by atoms with Crippen molar-refractivity contribution in [1.82, 2.24) is 0 Å². The average molecular weight is 427 g/mol. The minimum Gasteiger partial charge on any atom is -0.388 e. The van der Waals surface area contributed by atoms with Gasteiger partial charge in [0, 0.05) is 21.2 Å². The zero-order valence-electron chi connectivity index (χ0n) is 14.8. The lowest BCUT2D eigenvalue weighted by molar-refractivity contribution is -0.182. The summed E-state index contributed by atoms with van der Waals surface area (Å²) in [4.78, 5) is 0. The molecular formula is C20H20Cl2O6. The van der Waals surface area contributed by atoms with E-state index < -0.39 is 37.0 Å². The third-order valence-corrected chi connectivity index (χ3v) is 5.51. The molecule has 8 heteroatoms. The van der Waals surface area contributed by atoms with Gasteiger partial charge in [-0.2, -0.15) is 0 Å². The number of benzene rings is 2. The van der Waals surface area contributed by atoms with Crippen molar-refractivity contribution in [2.75, 3.05) is 13.2 Å². The molecule has 2 saturated heterocycles. The second-order valence-corrected chi connectivity index (χ2v) is 7.52. The van der Waals surface area contributed by atoms with E-state index in [1.54, 1.807) is 36.4 Å². The number of rotatable bonds is 2. The van der Waals surface area contributed by atoms with Crippen molar-refractivity contribution in [1.29, 1.82) is 0 Å². The minimum atomic E-state index is -1.22. The van der Waals surface area contributed by atoms with Gasteiger partial charge < -0.3 is 29.2 Å². The molecule has 2 N–H and O–H groups in total. The van der Waals surface area contributed by atoms with Crippen LogP contribution in [0.15, 0.2) is 48.5 Å². The Bertz CT molecular complexity index is 819. The van der Waals surface area contributed by atoms with Crippen molar-refractivity contribution >= 4 is 23.2 Å². The SMILES string of the molecule is O[C@@H]1[C@H]2OC(c3ccccc3Cl)O[C@H]2COC(c2ccccc2Cl)OC[C@H]1O. The predicted molar refractivity (Wildman–Crippen MR) is 102 cm³/mol. The molecule has 0 spiro atoms. The Morgan fingerprint density at radius 3 is 1.96 bits per heavy atom. The molecule has 2 aliphatic heterocycles. The first kappa shape index (κ1) is 20.1.